The van der Waals surface area contributed by atoms with Crippen LogP contribution in [0.15, 0.2) is 23.2 Å². The molecule has 2 atom stereocenters. The van der Waals surface area contributed by atoms with E-state index in [0.29, 0.717) is 55.9 Å². The van der Waals surface area contributed by atoms with Gasteiger partial charge in [-0.1, -0.05) is 17.7 Å². The Morgan fingerprint density at radius 1 is 1.46 bits per heavy atom. The van der Waals surface area contributed by atoms with Gasteiger partial charge in [-0.05, 0) is 26.0 Å². The zero-order valence-electron chi connectivity index (χ0n) is 16.7. The van der Waals surface area contributed by atoms with E-state index in [9.17, 15) is 4.39 Å². The monoisotopic (exact) mass is 528 g/mol. The third-order valence-corrected chi connectivity index (χ3v) is 4.74. The summed E-state index contributed by atoms with van der Waals surface area (Å²) < 4.78 is 25.3. The Bertz CT molecular complexity index is 603. The molecular formula is C19H31ClFIN4O2. The summed E-state index contributed by atoms with van der Waals surface area (Å²) >= 11 is 6.36. The highest BCUT2D eigenvalue weighted by Crippen LogP contribution is 2.31. The molecule has 0 aliphatic carbocycles. The Balaban J connectivity index is 0.00000392. The number of nitrogens with zero attached hydrogens (tertiary/aromatic N) is 2. The largest absolute Gasteiger partial charge is 0.383 e. The number of hydrogen-bond donors (Lipinski definition) is 2. The maximum absolute atomic E-state index is 14.6. The second-order valence-electron chi connectivity index (χ2n) is 6.47. The first-order valence-corrected chi connectivity index (χ1v) is 9.75. The van der Waals surface area contributed by atoms with Gasteiger partial charge in [0.05, 0.1) is 31.9 Å². The minimum Gasteiger partial charge on any atom is -0.383 e. The molecule has 1 fully saturated rings. The maximum Gasteiger partial charge on any atom is 0.191 e. The Morgan fingerprint density at radius 2 is 2.25 bits per heavy atom. The van der Waals surface area contributed by atoms with Gasteiger partial charge >= 0.3 is 0 Å². The third kappa shape index (κ3) is 7.62. The molecule has 2 unspecified atom stereocenters. The first-order valence-electron chi connectivity index (χ1n) is 9.37. The van der Waals surface area contributed by atoms with Crippen LogP contribution in [0.3, 0.4) is 0 Å². The Morgan fingerprint density at radius 3 is 2.89 bits per heavy atom. The first kappa shape index (κ1) is 25.4. The topological polar surface area (TPSA) is 58.1 Å². The van der Waals surface area contributed by atoms with Gasteiger partial charge in [0.2, 0.25) is 0 Å². The smallest absolute Gasteiger partial charge is 0.191 e. The highest BCUT2D eigenvalue weighted by molar-refractivity contribution is 14.0. The number of methoxy groups -OCH3 is 1. The fraction of sp³-hybridized carbons (Fsp3) is 0.632. The molecule has 1 aromatic rings. The molecule has 2 rings (SSSR count). The number of nitrogens with one attached hydrogen (secondary N) is 2. The van der Waals surface area contributed by atoms with Crippen molar-refractivity contribution in [2.45, 2.75) is 26.0 Å². The molecule has 1 saturated heterocycles. The van der Waals surface area contributed by atoms with Gasteiger partial charge < -0.3 is 20.1 Å². The quantitative estimate of drug-likeness (QED) is 0.235. The fourth-order valence-corrected chi connectivity index (χ4v) is 3.43. The van der Waals surface area contributed by atoms with E-state index in [-0.39, 0.29) is 41.9 Å². The standard InChI is InChI=1S/C19H30ClFN4O2.HI/c1-4-22-19(23-8-10-26-3)24-12-17(25-9-11-27-14(2)13-25)18-15(20)6-5-7-16(18)21;/h5-7,14,17H,4,8-13H2,1-3H3,(H2,22,23,24);1H. The minimum absolute atomic E-state index is 0. The van der Waals surface area contributed by atoms with E-state index in [2.05, 4.69) is 20.5 Å². The summed E-state index contributed by atoms with van der Waals surface area (Å²) in [5.41, 5.74) is 0.491. The van der Waals surface area contributed by atoms with Gasteiger partial charge in [0, 0.05) is 43.9 Å². The van der Waals surface area contributed by atoms with Crippen molar-refractivity contribution < 1.29 is 13.9 Å². The van der Waals surface area contributed by atoms with Crippen LogP contribution in [0.4, 0.5) is 4.39 Å². The van der Waals surface area contributed by atoms with Crippen LogP contribution in [0.1, 0.15) is 25.5 Å². The molecule has 0 aromatic heterocycles. The van der Waals surface area contributed by atoms with E-state index in [1.807, 2.05) is 13.8 Å². The number of aliphatic imine (C=N–C) groups is 1. The second-order valence-corrected chi connectivity index (χ2v) is 6.87. The van der Waals surface area contributed by atoms with E-state index in [4.69, 9.17) is 21.1 Å². The van der Waals surface area contributed by atoms with Crippen molar-refractivity contribution >= 4 is 41.5 Å². The number of halogens is 3. The molecule has 28 heavy (non-hydrogen) atoms. The molecular weight excluding hydrogens is 498 g/mol. The van der Waals surface area contributed by atoms with Crippen LogP contribution in [-0.4, -0.2) is 70.0 Å². The van der Waals surface area contributed by atoms with Crippen LogP contribution in [0.25, 0.3) is 0 Å². The van der Waals surface area contributed by atoms with Crippen molar-refractivity contribution in [2.24, 2.45) is 4.99 Å². The molecule has 1 heterocycles. The fourth-order valence-electron chi connectivity index (χ4n) is 3.14. The molecule has 2 N–H and O–H groups in total. The Kier molecular flexibility index (Phi) is 12.2. The van der Waals surface area contributed by atoms with Crippen LogP contribution in [-0.2, 0) is 9.47 Å². The van der Waals surface area contributed by atoms with Crippen LogP contribution >= 0.6 is 35.6 Å². The molecule has 1 aliphatic heterocycles. The summed E-state index contributed by atoms with van der Waals surface area (Å²) in [6, 6.07) is 4.54. The average Bonchev–Trinajstić information content (AvgIpc) is 2.64. The van der Waals surface area contributed by atoms with Crippen LogP contribution in [0.2, 0.25) is 5.02 Å². The maximum atomic E-state index is 14.6. The lowest BCUT2D eigenvalue weighted by molar-refractivity contribution is -0.0336. The molecule has 0 bridgehead atoms. The van der Waals surface area contributed by atoms with Crippen molar-refractivity contribution in [2.75, 3.05) is 53.0 Å². The SMILES string of the molecule is CCNC(=NCC(c1c(F)cccc1Cl)N1CCOC(C)C1)NCCOC.I. The zero-order valence-corrected chi connectivity index (χ0v) is 19.8. The molecule has 160 valence electrons. The molecule has 1 aromatic carbocycles. The lowest BCUT2D eigenvalue weighted by atomic mass is 10.0. The zero-order chi connectivity index (χ0) is 19.6. The number of morpholine rings is 1. The molecule has 9 heteroatoms. The normalized spacial score (nSPS) is 19.0. The van der Waals surface area contributed by atoms with E-state index in [0.717, 1.165) is 6.54 Å². The lowest BCUT2D eigenvalue weighted by Crippen LogP contribution is -2.45. The van der Waals surface area contributed by atoms with Crippen molar-refractivity contribution in [1.29, 1.82) is 0 Å². The van der Waals surface area contributed by atoms with Gasteiger partial charge in [0.25, 0.3) is 0 Å². The van der Waals surface area contributed by atoms with Crippen molar-refractivity contribution in [3.63, 3.8) is 0 Å². The molecule has 0 saturated carbocycles. The summed E-state index contributed by atoms with van der Waals surface area (Å²) in [4.78, 5) is 6.87. The first-order chi connectivity index (χ1) is 13.1. The number of guanidine groups is 1. The molecule has 0 spiro atoms. The van der Waals surface area contributed by atoms with Crippen LogP contribution in [0.5, 0.6) is 0 Å². The van der Waals surface area contributed by atoms with Gasteiger partial charge in [-0.2, -0.15) is 0 Å². The predicted molar refractivity (Wildman–Crippen MR) is 122 cm³/mol. The van der Waals surface area contributed by atoms with Gasteiger partial charge in [0.15, 0.2) is 5.96 Å². The molecule has 0 radical (unpaired) electrons. The molecule has 1 aliphatic rings. The predicted octanol–water partition coefficient (Wildman–Crippen LogP) is 3.06. The third-order valence-electron chi connectivity index (χ3n) is 4.41. The Labute approximate surface area is 189 Å². The van der Waals surface area contributed by atoms with Crippen LogP contribution in [0, 0.1) is 5.82 Å². The highest BCUT2D eigenvalue weighted by atomic mass is 127. The number of rotatable bonds is 8. The Hall–Kier alpha value is -0.680. The van der Waals surface area contributed by atoms with E-state index < -0.39 is 0 Å². The van der Waals surface area contributed by atoms with Gasteiger partial charge in [0.1, 0.15) is 5.82 Å². The van der Waals surface area contributed by atoms with Crippen molar-refractivity contribution in [3.05, 3.63) is 34.6 Å². The van der Waals surface area contributed by atoms with Crippen LogP contribution < -0.4 is 10.6 Å². The van der Waals surface area contributed by atoms with Gasteiger partial charge in [-0.25, -0.2) is 4.39 Å². The van der Waals surface area contributed by atoms with E-state index in [1.165, 1.54) is 6.07 Å². The van der Waals surface area contributed by atoms with Gasteiger partial charge in [-0.15, -0.1) is 24.0 Å². The van der Waals surface area contributed by atoms with E-state index >= 15 is 0 Å². The van der Waals surface area contributed by atoms with Crippen molar-refractivity contribution in [3.8, 4) is 0 Å². The lowest BCUT2D eigenvalue weighted by Gasteiger charge is -2.37. The van der Waals surface area contributed by atoms with Crippen molar-refractivity contribution in [1.82, 2.24) is 15.5 Å². The number of benzene rings is 1. The minimum atomic E-state index is -0.306. The average molecular weight is 529 g/mol. The summed E-state index contributed by atoms with van der Waals surface area (Å²) in [7, 11) is 1.65. The van der Waals surface area contributed by atoms with E-state index in [1.54, 1.807) is 19.2 Å². The molecule has 6 nitrogen and oxygen atoms in total. The summed E-state index contributed by atoms with van der Waals surface area (Å²) in [6.45, 7) is 8.39. The highest BCUT2D eigenvalue weighted by Gasteiger charge is 2.29. The molecule has 0 amide bonds. The summed E-state index contributed by atoms with van der Waals surface area (Å²) in [5.74, 6) is 0.368. The number of hydrogen-bond acceptors (Lipinski definition) is 4. The van der Waals surface area contributed by atoms with Gasteiger partial charge in [-0.3, -0.25) is 9.89 Å². The second kappa shape index (κ2) is 13.5. The summed E-state index contributed by atoms with van der Waals surface area (Å²) in [5, 5.41) is 6.84. The number of ether oxygens (including phenoxy) is 2. The summed E-state index contributed by atoms with van der Waals surface area (Å²) in [6.07, 6.45) is 0.0869.